The van der Waals surface area contributed by atoms with Crippen LogP contribution in [0.3, 0.4) is 0 Å². The van der Waals surface area contributed by atoms with Crippen molar-refractivity contribution in [1.29, 1.82) is 0 Å². The van der Waals surface area contributed by atoms with Gasteiger partial charge in [-0.1, -0.05) is 18.2 Å². The molecule has 0 spiro atoms. The van der Waals surface area contributed by atoms with E-state index in [0.29, 0.717) is 24.5 Å². The SMILES string of the molecule is COC(=O)c1ccccc1CNCc1nc(C)c(C)o1. The first-order valence-electron chi connectivity index (χ1n) is 6.41. The van der Waals surface area contributed by atoms with E-state index in [9.17, 15) is 4.79 Å². The van der Waals surface area contributed by atoms with Crippen molar-refractivity contribution in [2.24, 2.45) is 0 Å². The van der Waals surface area contributed by atoms with Crippen LogP contribution in [0.5, 0.6) is 0 Å². The van der Waals surface area contributed by atoms with Crippen molar-refractivity contribution in [3.05, 3.63) is 52.7 Å². The molecule has 0 aliphatic carbocycles. The van der Waals surface area contributed by atoms with Crippen LogP contribution in [0.25, 0.3) is 0 Å². The minimum absolute atomic E-state index is 0.329. The fraction of sp³-hybridized carbons (Fsp3) is 0.333. The minimum atomic E-state index is -0.329. The first-order valence-corrected chi connectivity index (χ1v) is 6.41. The van der Waals surface area contributed by atoms with Crippen molar-refractivity contribution in [2.75, 3.05) is 7.11 Å². The summed E-state index contributed by atoms with van der Waals surface area (Å²) < 4.78 is 10.2. The van der Waals surface area contributed by atoms with Crippen LogP contribution >= 0.6 is 0 Å². The number of ether oxygens (including phenoxy) is 1. The summed E-state index contributed by atoms with van der Waals surface area (Å²) in [5.41, 5.74) is 2.36. The maximum Gasteiger partial charge on any atom is 0.338 e. The molecule has 1 aromatic heterocycles. The Morgan fingerprint density at radius 2 is 2.05 bits per heavy atom. The lowest BCUT2D eigenvalue weighted by Crippen LogP contribution is -2.16. The third-order valence-electron chi connectivity index (χ3n) is 3.09. The van der Waals surface area contributed by atoms with Gasteiger partial charge in [-0.05, 0) is 25.5 Å². The van der Waals surface area contributed by atoms with Gasteiger partial charge >= 0.3 is 5.97 Å². The molecular formula is C15H18N2O3. The Balaban J connectivity index is 1.99. The Hall–Kier alpha value is -2.14. The van der Waals surface area contributed by atoms with E-state index in [1.807, 2.05) is 32.0 Å². The molecule has 1 heterocycles. The van der Waals surface area contributed by atoms with Crippen LogP contribution in [-0.2, 0) is 17.8 Å². The molecule has 0 amide bonds. The van der Waals surface area contributed by atoms with Gasteiger partial charge < -0.3 is 14.5 Å². The van der Waals surface area contributed by atoms with Gasteiger partial charge in [-0.15, -0.1) is 0 Å². The third-order valence-corrected chi connectivity index (χ3v) is 3.09. The number of aryl methyl sites for hydroxylation is 2. The molecule has 0 fully saturated rings. The quantitative estimate of drug-likeness (QED) is 0.848. The number of hydrogen-bond acceptors (Lipinski definition) is 5. The van der Waals surface area contributed by atoms with Gasteiger partial charge in [-0.25, -0.2) is 9.78 Å². The number of carbonyl (C=O) groups excluding carboxylic acids is 1. The van der Waals surface area contributed by atoms with Gasteiger partial charge in [0.1, 0.15) is 5.76 Å². The summed E-state index contributed by atoms with van der Waals surface area (Å²) in [4.78, 5) is 15.9. The molecule has 1 N–H and O–H groups in total. The third kappa shape index (κ3) is 3.24. The molecule has 0 radical (unpaired) electrons. The highest BCUT2D eigenvalue weighted by Crippen LogP contribution is 2.11. The Morgan fingerprint density at radius 3 is 2.70 bits per heavy atom. The lowest BCUT2D eigenvalue weighted by molar-refractivity contribution is 0.0599. The van der Waals surface area contributed by atoms with Crippen molar-refractivity contribution in [2.45, 2.75) is 26.9 Å². The average Bonchev–Trinajstić information content (AvgIpc) is 2.77. The van der Waals surface area contributed by atoms with Gasteiger partial charge in [0.2, 0.25) is 5.89 Å². The number of rotatable bonds is 5. The van der Waals surface area contributed by atoms with Crippen LogP contribution in [-0.4, -0.2) is 18.1 Å². The van der Waals surface area contributed by atoms with Crippen LogP contribution in [0, 0.1) is 13.8 Å². The van der Waals surface area contributed by atoms with E-state index < -0.39 is 0 Å². The lowest BCUT2D eigenvalue weighted by atomic mass is 10.1. The first kappa shape index (κ1) is 14.3. The van der Waals surface area contributed by atoms with Gasteiger partial charge in [0.25, 0.3) is 0 Å². The zero-order chi connectivity index (χ0) is 14.5. The molecule has 0 atom stereocenters. The second-order valence-corrected chi connectivity index (χ2v) is 4.50. The standard InChI is InChI=1S/C15H18N2O3/c1-10-11(2)20-14(17-10)9-16-8-12-6-4-5-7-13(12)15(18)19-3/h4-7,16H,8-9H2,1-3H3. The number of esters is 1. The highest BCUT2D eigenvalue weighted by molar-refractivity contribution is 5.90. The molecule has 0 aliphatic rings. The number of hydrogen-bond donors (Lipinski definition) is 1. The van der Waals surface area contributed by atoms with Crippen molar-refractivity contribution in [3.63, 3.8) is 0 Å². The molecule has 2 aromatic rings. The molecule has 0 aliphatic heterocycles. The predicted molar refractivity (Wildman–Crippen MR) is 74.3 cm³/mol. The van der Waals surface area contributed by atoms with Gasteiger partial charge in [0.05, 0.1) is 24.9 Å². The summed E-state index contributed by atoms with van der Waals surface area (Å²) in [5.74, 6) is 1.15. The zero-order valence-electron chi connectivity index (χ0n) is 11.9. The molecule has 0 bridgehead atoms. The summed E-state index contributed by atoms with van der Waals surface area (Å²) in [7, 11) is 1.38. The van der Waals surface area contributed by atoms with Crippen LogP contribution in [0.2, 0.25) is 0 Å². The molecule has 0 saturated carbocycles. The van der Waals surface area contributed by atoms with Crippen LogP contribution in [0.1, 0.15) is 33.3 Å². The summed E-state index contributed by atoms with van der Waals surface area (Å²) >= 11 is 0. The highest BCUT2D eigenvalue weighted by Gasteiger charge is 2.11. The average molecular weight is 274 g/mol. The Morgan fingerprint density at radius 1 is 1.30 bits per heavy atom. The normalized spacial score (nSPS) is 10.6. The van der Waals surface area contributed by atoms with Gasteiger partial charge in [0, 0.05) is 6.54 Å². The summed E-state index contributed by atoms with van der Waals surface area (Å²) in [6, 6.07) is 7.35. The van der Waals surface area contributed by atoms with E-state index >= 15 is 0 Å². The summed E-state index contributed by atoms with van der Waals surface area (Å²) in [5, 5.41) is 3.21. The fourth-order valence-electron chi connectivity index (χ4n) is 1.90. The number of aromatic nitrogens is 1. The predicted octanol–water partition coefficient (Wildman–Crippen LogP) is 2.37. The van der Waals surface area contributed by atoms with E-state index in [4.69, 9.17) is 9.15 Å². The monoisotopic (exact) mass is 274 g/mol. The molecule has 5 heteroatoms. The van der Waals surface area contributed by atoms with Crippen LogP contribution in [0.4, 0.5) is 0 Å². The molecule has 0 unspecified atom stereocenters. The topological polar surface area (TPSA) is 64.4 Å². The largest absolute Gasteiger partial charge is 0.465 e. The molecule has 5 nitrogen and oxygen atoms in total. The molecule has 0 saturated heterocycles. The maximum absolute atomic E-state index is 11.6. The molecule has 1 aromatic carbocycles. The smallest absolute Gasteiger partial charge is 0.338 e. The minimum Gasteiger partial charge on any atom is -0.465 e. The number of benzene rings is 1. The molecule has 20 heavy (non-hydrogen) atoms. The van der Waals surface area contributed by atoms with Crippen LogP contribution in [0.15, 0.2) is 28.7 Å². The number of nitrogens with one attached hydrogen (secondary N) is 1. The van der Waals surface area contributed by atoms with E-state index in [-0.39, 0.29) is 5.97 Å². The van der Waals surface area contributed by atoms with Crippen molar-refractivity contribution >= 4 is 5.97 Å². The number of methoxy groups -OCH3 is 1. The summed E-state index contributed by atoms with van der Waals surface area (Å²) in [6.07, 6.45) is 0. The number of carbonyl (C=O) groups is 1. The molecule has 2 rings (SSSR count). The lowest BCUT2D eigenvalue weighted by Gasteiger charge is -2.07. The Bertz CT molecular complexity index is 585. The second-order valence-electron chi connectivity index (χ2n) is 4.50. The number of oxazole rings is 1. The second kappa shape index (κ2) is 6.34. The highest BCUT2D eigenvalue weighted by atomic mass is 16.5. The summed E-state index contributed by atoms with van der Waals surface area (Å²) in [6.45, 7) is 4.86. The first-order chi connectivity index (χ1) is 9.61. The number of nitrogens with zero attached hydrogens (tertiary/aromatic N) is 1. The van der Waals surface area contributed by atoms with Gasteiger partial charge in [-0.3, -0.25) is 0 Å². The van der Waals surface area contributed by atoms with Gasteiger partial charge in [-0.2, -0.15) is 0 Å². The Labute approximate surface area is 118 Å². The van der Waals surface area contributed by atoms with Crippen LogP contribution < -0.4 is 5.32 Å². The van der Waals surface area contributed by atoms with E-state index in [0.717, 1.165) is 17.0 Å². The van der Waals surface area contributed by atoms with Crippen molar-refractivity contribution in [3.8, 4) is 0 Å². The molecular weight excluding hydrogens is 256 g/mol. The molecule has 106 valence electrons. The Kier molecular flexibility index (Phi) is 4.53. The zero-order valence-corrected chi connectivity index (χ0v) is 11.9. The van der Waals surface area contributed by atoms with E-state index in [1.54, 1.807) is 6.07 Å². The van der Waals surface area contributed by atoms with Crippen molar-refractivity contribution in [1.82, 2.24) is 10.3 Å². The fourth-order valence-corrected chi connectivity index (χ4v) is 1.90. The van der Waals surface area contributed by atoms with E-state index in [2.05, 4.69) is 10.3 Å². The van der Waals surface area contributed by atoms with Crippen molar-refractivity contribution < 1.29 is 13.9 Å². The maximum atomic E-state index is 11.6. The van der Waals surface area contributed by atoms with E-state index in [1.165, 1.54) is 7.11 Å². The van der Waals surface area contributed by atoms with Gasteiger partial charge in [0.15, 0.2) is 0 Å².